The topological polar surface area (TPSA) is 43.8 Å². The van der Waals surface area contributed by atoms with Crippen LogP contribution in [0.2, 0.25) is 0 Å². The van der Waals surface area contributed by atoms with E-state index < -0.39 is 0 Å². The maximum atomic E-state index is 12.6. The molecular weight excluding hydrogens is 356 g/mol. The molecule has 0 saturated carbocycles. The Balaban J connectivity index is 1.36. The van der Waals surface area contributed by atoms with Crippen LogP contribution in [0, 0.1) is 11.3 Å². The summed E-state index contributed by atoms with van der Waals surface area (Å²) in [6.07, 6.45) is 2.51. The van der Waals surface area contributed by atoms with Gasteiger partial charge < -0.3 is 10.0 Å². The molecule has 3 heterocycles. The first kappa shape index (κ1) is 18.7. The highest BCUT2D eigenvalue weighted by Gasteiger charge is 2.47. The molecule has 2 fully saturated rings. The van der Waals surface area contributed by atoms with Crippen molar-refractivity contribution in [1.82, 2.24) is 9.80 Å². The molecule has 27 heavy (non-hydrogen) atoms. The minimum absolute atomic E-state index is 0.155. The Kier molecular flexibility index (Phi) is 5.62. The van der Waals surface area contributed by atoms with Crippen LogP contribution in [0.25, 0.3) is 0 Å². The maximum absolute atomic E-state index is 12.6. The SMILES string of the molecule is O=C(Cc1ccsc1)N1CCC2(CC1)CN(Cc1ccccc1)CC2CO. The number of benzene rings is 1. The van der Waals surface area contributed by atoms with Gasteiger partial charge in [0.25, 0.3) is 0 Å². The molecule has 1 amide bonds. The zero-order chi connectivity index (χ0) is 18.7. The number of carbonyl (C=O) groups excluding carboxylic acids is 1. The van der Waals surface area contributed by atoms with Crippen molar-refractivity contribution in [3.63, 3.8) is 0 Å². The van der Waals surface area contributed by atoms with E-state index >= 15 is 0 Å². The lowest BCUT2D eigenvalue weighted by Gasteiger charge is -2.42. The minimum Gasteiger partial charge on any atom is -0.396 e. The van der Waals surface area contributed by atoms with E-state index in [-0.39, 0.29) is 17.9 Å². The fraction of sp³-hybridized carbons (Fsp3) is 0.500. The quantitative estimate of drug-likeness (QED) is 0.862. The van der Waals surface area contributed by atoms with Crippen molar-refractivity contribution in [2.75, 3.05) is 32.8 Å². The molecule has 0 aliphatic carbocycles. The van der Waals surface area contributed by atoms with Crippen LogP contribution in [-0.4, -0.2) is 53.6 Å². The van der Waals surface area contributed by atoms with Crippen LogP contribution in [0.1, 0.15) is 24.0 Å². The Labute approximate surface area is 165 Å². The lowest BCUT2D eigenvalue weighted by molar-refractivity contribution is -0.133. The smallest absolute Gasteiger partial charge is 0.227 e. The van der Waals surface area contributed by atoms with E-state index in [9.17, 15) is 9.90 Å². The monoisotopic (exact) mass is 384 g/mol. The van der Waals surface area contributed by atoms with Crippen LogP contribution in [0.3, 0.4) is 0 Å². The van der Waals surface area contributed by atoms with Crippen molar-refractivity contribution in [1.29, 1.82) is 0 Å². The van der Waals surface area contributed by atoms with Gasteiger partial charge in [-0.3, -0.25) is 9.69 Å². The second-order valence-electron chi connectivity index (χ2n) is 8.09. The van der Waals surface area contributed by atoms with E-state index in [1.165, 1.54) is 5.56 Å². The van der Waals surface area contributed by atoms with Gasteiger partial charge in [-0.25, -0.2) is 0 Å². The summed E-state index contributed by atoms with van der Waals surface area (Å²) in [5, 5.41) is 14.1. The van der Waals surface area contributed by atoms with E-state index in [4.69, 9.17) is 0 Å². The summed E-state index contributed by atoms with van der Waals surface area (Å²) in [5.41, 5.74) is 2.60. The van der Waals surface area contributed by atoms with Crippen molar-refractivity contribution < 1.29 is 9.90 Å². The van der Waals surface area contributed by atoms with Crippen molar-refractivity contribution >= 4 is 17.2 Å². The molecule has 0 bridgehead atoms. The molecule has 1 aromatic heterocycles. The molecule has 2 aliphatic heterocycles. The number of likely N-dealkylation sites (tertiary alicyclic amines) is 2. The first-order valence-electron chi connectivity index (χ1n) is 9.84. The number of thiophene rings is 1. The van der Waals surface area contributed by atoms with Crippen LogP contribution >= 0.6 is 11.3 Å². The van der Waals surface area contributed by atoms with Gasteiger partial charge in [0.05, 0.1) is 6.42 Å². The number of hydrogen-bond donors (Lipinski definition) is 1. The molecule has 2 saturated heterocycles. The molecular formula is C22H28N2O2S. The molecule has 5 heteroatoms. The van der Waals surface area contributed by atoms with Crippen molar-refractivity contribution in [3.05, 3.63) is 58.3 Å². The number of aliphatic hydroxyl groups excluding tert-OH is 1. The molecule has 4 rings (SSSR count). The Morgan fingerprint density at radius 2 is 1.93 bits per heavy atom. The normalized spacial score (nSPS) is 22.4. The van der Waals surface area contributed by atoms with Gasteiger partial charge in [-0.15, -0.1) is 0 Å². The number of rotatable bonds is 5. The zero-order valence-corrected chi connectivity index (χ0v) is 16.5. The summed E-state index contributed by atoms with van der Waals surface area (Å²) in [4.78, 5) is 17.1. The summed E-state index contributed by atoms with van der Waals surface area (Å²) < 4.78 is 0. The Morgan fingerprint density at radius 1 is 1.15 bits per heavy atom. The maximum Gasteiger partial charge on any atom is 0.227 e. The highest BCUT2D eigenvalue weighted by atomic mass is 32.1. The molecule has 1 atom stereocenters. The van der Waals surface area contributed by atoms with Gasteiger partial charge >= 0.3 is 0 Å². The fourth-order valence-electron chi connectivity index (χ4n) is 4.81. The van der Waals surface area contributed by atoms with E-state index in [1.807, 2.05) is 22.4 Å². The lowest BCUT2D eigenvalue weighted by Crippen LogP contribution is -2.47. The molecule has 1 unspecified atom stereocenters. The van der Waals surface area contributed by atoms with Crippen LogP contribution in [0.4, 0.5) is 0 Å². The third-order valence-electron chi connectivity index (χ3n) is 6.40. The number of amides is 1. The third kappa shape index (κ3) is 4.10. The molecule has 0 radical (unpaired) electrons. The van der Waals surface area contributed by atoms with Crippen molar-refractivity contribution in [2.45, 2.75) is 25.8 Å². The van der Waals surface area contributed by atoms with E-state index in [2.05, 4.69) is 34.5 Å². The average molecular weight is 385 g/mol. The first-order valence-corrected chi connectivity index (χ1v) is 10.8. The Morgan fingerprint density at radius 3 is 2.59 bits per heavy atom. The second-order valence-corrected chi connectivity index (χ2v) is 8.87. The number of piperidine rings is 1. The lowest BCUT2D eigenvalue weighted by atomic mass is 9.71. The molecule has 1 aromatic carbocycles. The van der Waals surface area contributed by atoms with Crippen LogP contribution in [0.5, 0.6) is 0 Å². The highest BCUT2D eigenvalue weighted by molar-refractivity contribution is 7.08. The van der Waals surface area contributed by atoms with Crippen molar-refractivity contribution in [3.8, 4) is 0 Å². The first-order chi connectivity index (χ1) is 13.2. The summed E-state index contributed by atoms with van der Waals surface area (Å²) in [5.74, 6) is 0.554. The van der Waals surface area contributed by atoms with Gasteiger partial charge in [-0.05, 0) is 46.2 Å². The molecule has 1 N–H and O–H groups in total. The molecule has 4 nitrogen and oxygen atoms in total. The average Bonchev–Trinajstić information content (AvgIpc) is 3.31. The van der Waals surface area contributed by atoms with Gasteiger partial charge in [0.1, 0.15) is 0 Å². The summed E-state index contributed by atoms with van der Waals surface area (Å²) in [7, 11) is 0. The minimum atomic E-state index is 0.155. The van der Waals surface area contributed by atoms with Crippen LogP contribution < -0.4 is 0 Å². The van der Waals surface area contributed by atoms with Gasteiger partial charge in [0.15, 0.2) is 0 Å². The largest absolute Gasteiger partial charge is 0.396 e. The highest BCUT2D eigenvalue weighted by Crippen LogP contribution is 2.45. The molecule has 2 aliphatic rings. The number of carbonyl (C=O) groups is 1. The Hall–Kier alpha value is -1.69. The third-order valence-corrected chi connectivity index (χ3v) is 7.13. The molecule has 144 valence electrons. The van der Waals surface area contributed by atoms with E-state index in [0.717, 1.165) is 51.1 Å². The Bertz CT molecular complexity index is 739. The van der Waals surface area contributed by atoms with E-state index in [0.29, 0.717) is 12.3 Å². The fourth-order valence-corrected chi connectivity index (χ4v) is 5.47. The predicted molar refractivity (Wildman–Crippen MR) is 109 cm³/mol. The van der Waals surface area contributed by atoms with Gasteiger partial charge in [0, 0.05) is 45.2 Å². The molecule has 1 spiro atoms. The van der Waals surface area contributed by atoms with Crippen molar-refractivity contribution in [2.24, 2.45) is 11.3 Å². The summed E-state index contributed by atoms with van der Waals surface area (Å²) in [6.45, 7) is 4.80. The van der Waals surface area contributed by atoms with Crippen LogP contribution in [0.15, 0.2) is 47.2 Å². The zero-order valence-electron chi connectivity index (χ0n) is 15.7. The number of nitrogens with zero attached hydrogens (tertiary/aromatic N) is 2. The number of hydrogen-bond acceptors (Lipinski definition) is 4. The standard InChI is InChI=1S/C22H28N2O2S/c25-15-20-14-23(13-18-4-2-1-3-5-18)17-22(20)7-9-24(10-8-22)21(26)12-19-6-11-27-16-19/h1-6,11,16,20,25H,7-10,12-15,17H2. The van der Waals surface area contributed by atoms with Crippen LogP contribution in [-0.2, 0) is 17.8 Å². The van der Waals surface area contributed by atoms with Gasteiger partial charge in [-0.2, -0.15) is 11.3 Å². The predicted octanol–water partition coefficient (Wildman–Crippen LogP) is 3.02. The van der Waals surface area contributed by atoms with E-state index in [1.54, 1.807) is 11.3 Å². The molecule has 2 aromatic rings. The van der Waals surface area contributed by atoms with Gasteiger partial charge in [0.2, 0.25) is 5.91 Å². The second kappa shape index (κ2) is 8.13. The van der Waals surface area contributed by atoms with Gasteiger partial charge in [-0.1, -0.05) is 30.3 Å². The number of aliphatic hydroxyl groups is 1. The summed E-state index contributed by atoms with van der Waals surface area (Å²) in [6, 6.07) is 12.6. The summed E-state index contributed by atoms with van der Waals surface area (Å²) >= 11 is 1.64.